The molecule has 3 aromatic rings. The van der Waals surface area contributed by atoms with E-state index < -0.39 is 69.9 Å². The van der Waals surface area contributed by atoms with Crippen molar-refractivity contribution in [2.24, 2.45) is 5.73 Å². The van der Waals surface area contributed by atoms with Crippen LogP contribution in [0.15, 0.2) is 71.6 Å². The first-order chi connectivity index (χ1) is 20.4. The van der Waals surface area contributed by atoms with Gasteiger partial charge in [-0.05, 0) is 60.4 Å². The van der Waals surface area contributed by atoms with E-state index in [0.29, 0.717) is 16.0 Å². The van der Waals surface area contributed by atoms with Crippen molar-refractivity contribution in [2.75, 3.05) is 6.26 Å². The second-order valence-electron chi connectivity index (χ2n) is 10.9. The highest BCUT2D eigenvalue weighted by atomic mass is 32.2. The number of nitrogens with two attached hydrogens (primary N) is 1. The number of nitriles is 2. The minimum absolute atomic E-state index is 0.0509. The van der Waals surface area contributed by atoms with Gasteiger partial charge in [-0.15, -0.1) is 0 Å². The van der Waals surface area contributed by atoms with Gasteiger partial charge in [0, 0.05) is 19.1 Å². The molecule has 0 spiro atoms. The van der Waals surface area contributed by atoms with E-state index in [-0.39, 0.29) is 16.0 Å². The number of hydrogen-bond donors (Lipinski definition) is 1. The molecule has 0 bridgehead atoms. The molecule has 1 unspecified atom stereocenters. The van der Waals surface area contributed by atoms with Crippen LogP contribution in [-0.2, 0) is 21.1 Å². The van der Waals surface area contributed by atoms with Crippen LogP contribution in [0.25, 0.3) is 11.1 Å². The van der Waals surface area contributed by atoms with Crippen LogP contribution in [0.2, 0.25) is 0 Å². The lowest BCUT2D eigenvalue weighted by Gasteiger charge is -2.41. The van der Waals surface area contributed by atoms with E-state index in [9.17, 15) is 40.4 Å². The first-order valence-electron chi connectivity index (χ1n) is 13.2. The van der Waals surface area contributed by atoms with Gasteiger partial charge in [-0.3, -0.25) is 9.69 Å². The average Bonchev–Trinajstić information content (AvgIpc) is 2.93. The Morgan fingerprint density at radius 3 is 1.91 bits per heavy atom. The molecule has 0 saturated heterocycles. The summed E-state index contributed by atoms with van der Waals surface area (Å²) in [6.07, 6.45) is -5.52. The van der Waals surface area contributed by atoms with E-state index in [0.717, 1.165) is 44.4 Å². The number of hydrogen-bond acceptors (Lipinski definition) is 6. The van der Waals surface area contributed by atoms with Crippen molar-refractivity contribution in [1.29, 1.82) is 10.5 Å². The Labute approximate surface area is 252 Å². The monoisotopic (exact) mass is 632 g/mol. The Balaban J connectivity index is 2.16. The lowest BCUT2D eigenvalue weighted by molar-refractivity contribution is -0.198. The van der Waals surface area contributed by atoms with E-state index in [2.05, 4.69) is 0 Å². The largest absolute Gasteiger partial charge is 0.408 e. The fourth-order valence-electron chi connectivity index (χ4n) is 4.88. The first-order valence-corrected chi connectivity index (χ1v) is 15.1. The minimum atomic E-state index is -5.12. The highest BCUT2D eigenvalue weighted by Crippen LogP contribution is 2.42. The third-order valence-corrected chi connectivity index (χ3v) is 8.05. The fraction of sp³-hybridized carbons (Fsp3) is 0.323. The van der Waals surface area contributed by atoms with Crippen molar-refractivity contribution in [3.63, 3.8) is 0 Å². The lowest BCUT2D eigenvalue weighted by atomic mass is 9.91. The maximum absolute atomic E-state index is 14.9. The van der Waals surface area contributed by atoms with Gasteiger partial charge in [-0.1, -0.05) is 42.5 Å². The molecule has 0 saturated carbocycles. The molecule has 13 heteroatoms. The Kier molecular flexibility index (Phi) is 10.2. The van der Waals surface area contributed by atoms with Crippen LogP contribution in [0.1, 0.15) is 43.0 Å². The summed E-state index contributed by atoms with van der Waals surface area (Å²) in [7, 11) is -3.47. The Morgan fingerprint density at radius 2 is 1.50 bits per heavy atom. The zero-order chi connectivity index (χ0) is 33.0. The second-order valence-corrected chi connectivity index (χ2v) is 12.9. The highest BCUT2D eigenvalue weighted by molar-refractivity contribution is 7.90. The molecule has 0 aliphatic carbocycles. The topological polar surface area (TPSA) is 128 Å². The van der Waals surface area contributed by atoms with Crippen molar-refractivity contribution in [1.82, 2.24) is 4.90 Å². The van der Waals surface area contributed by atoms with Crippen LogP contribution in [0.4, 0.5) is 22.0 Å². The molecular weight excluding hydrogens is 603 g/mol. The van der Waals surface area contributed by atoms with Gasteiger partial charge < -0.3 is 5.73 Å². The Bertz CT molecular complexity index is 1690. The number of alkyl halides is 4. The minimum Gasteiger partial charge on any atom is -0.368 e. The van der Waals surface area contributed by atoms with Gasteiger partial charge in [0.1, 0.15) is 23.6 Å². The number of sulfone groups is 1. The van der Waals surface area contributed by atoms with Gasteiger partial charge in [0.25, 0.3) is 0 Å². The standard InChI is InChI=1S/C31H29F5N4O3S/c1-30(2,33)16-27(29(39)41)40(24(18-38)15-23-5-4-19(17-37)14-26(23)32)28(31(34,35)36)22-8-6-20(7-9-22)21-10-12-25(13-11-21)44(3,42)43/h4-14,24,27-28H,15-16H2,1-3H3,(H2,39,41)/t24?,27-,28-/m0/s1. The number of rotatable bonds is 11. The summed E-state index contributed by atoms with van der Waals surface area (Å²) in [4.78, 5) is 13.2. The molecule has 3 rings (SSSR count). The van der Waals surface area contributed by atoms with E-state index in [4.69, 9.17) is 11.0 Å². The normalized spacial score (nSPS) is 14.3. The van der Waals surface area contributed by atoms with Gasteiger partial charge in [-0.25, -0.2) is 17.2 Å². The Morgan fingerprint density at radius 1 is 0.955 bits per heavy atom. The summed E-state index contributed by atoms with van der Waals surface area (Å²) < 4.78 is 98.0. The molecule has 3 aromatic carbocycles. The maximum atomic E-state index is 14.9. The summed E-state index contributed by atoms with van der Waals surface area (Å²) in [6, 6.07) is 11.0. The molecule has 44 heavy (non-hydrogen) atoms. The van der Waals surface area contributed by atoms with Gasteiger partial charge in [0.15, 0.2) is 9.84 Å². The highest BCUT2D eigenvalue weighted by Gasteiger charge is 2.51. The summed E-state index contributed by atoms with van der Waals surface area (Å²) in [5, 5.41) is 19.1. The number of carbonyl (C=O) groups is 1. The molecule has 0 aliphatic heterocycles. The third kappa shape index (κ3) is 8.40. The molecule has 0 aliphatic rings. The number of halogens is 5. The van der Waals surface area contributed by atoms with Crippen molar-refractivity contribution < 1.29 is 35.2 Å². The molecule has 0 heterocycles. The van der Waals surface area contributed by atoms with Gasteiger partial charge in [0.05, 0.1) is 28.6 Å². The van der Waals surface area contributed by atoms with Gasteiger partial charge in [-0.2, -0.15) is 23.7 Å². The quantitative estimate of drug-likeness (QED) is 0.266. The molecule has 0 aromatic heterocycles. The predicted molar refractivity (Wildman–Crippen MR) is 153 cm³/mol. The summed E-state index contributed by atoms with van der Waals surface area (Å²) in [6.45, 7) is 2.10. The van der Waals surface area contributed by atoms with Crippen LogP contribution < -0.4 is 5.73 Å². The zero-order valence-electron chi connectivity index (χ0n) is 23.9. The lowest BCUT2D eigenvalue weighted by Crippen LogP contribution is -2.56. The van der Waals surface area contributed by atoms with E-state index >= 15 is 0 Å². The van der Waals surface area contributed by atoms with Crippen LogP contribution in [0, 0.1) is 28.5 Å². The van der Waals surface area contributed by atoms with E-state index in [1.165, 1.54) is 42.5 Å². The number of primary amides is 1. The summed E-state index contributed by atoms with van der Waals surface area (Å²) in [5.74, 6) is -2.26. The van der Waals surface area contributed by atoms with E-state index in [1.54, 1.807) is 12.1 Å². The molecular formula is C31H29F5N4O3S. The number of amides is 1. The molecule has 0 radical (unpaired) electrons. The molecule has 3 atom stereocenters. The summed E-state index contributed by atoms with van der Waals surface area (Å²) in [5.41, 5.74) is 3.63. The predicted octanol–water partition coefficient (Wildman–Crippen LogP) is 5.80. The Hall–Kier alpha value is -4.33. The van der Waals surface area contributed by atoms with Crippen molar-refractivity contribution in [3.05, 3.63) is 89.2 Å². The molecule has 2 N–H and O–H groups in total. The van der Waals surface area contributed by atoms with Crippen LogP contribution in [0.3, 0.4) is 0 Å². The number of nitrogens with zero attached hydrogens (tertiary/aromatic N) is 3. The maximum Gasteiger partial charge on any atom is 0.408 e. The fourth-order valence-corrected chi connectivity index (χ4v) is 5.51. The van der Waals surface area contributed by atoms with Gasteiger partial charge in [0.2, 0.25) is 5.91 Å². The summed E-state index contributed by atoms with van der Waals surface area (Å²) >= 11 is 0. The first kappa shape index (κ1) is 34.2. The molecule has 0 fully saturated rings. The van der Waals surface area contributed by atoms with Crippen LogP contribution in [0.5, 0.6) is 0 Å². The SMILES string of the molecule is CC(C)(F)C[C@@H](C(N)=O)N(C(C#N)Cc1ccc(C#N)cc1F)[C@@H](c1ccc(-c2ccc(S(C)(=O)=O)cc2)cc1)C(F)(F)F. The van der Waals surface area contributed by atoms with Crippen molar-refractivity contribution in [3.8, 4) is 23.3 Å². The van der Waals surface area contributed by atoms with Crippen molar-refractivity contribution in [2.45, 2.75) is 61.6 Å². The zero-order valence-corrected chi connectivity index (χ0v) is 24.8. The average molecular weight is 633 g/mol. The van der Waals surface area contributed by atoms with Crippen LogP contribution >= 0.6 is 0 Å². The molecule has 7 nitrogen and oxygen atoms in total. The van der Waals surface area contributed by atoms with E-state index in [1.807, 2.05) is 0 Å². The molecule has 232 valence electrons. The number of carbonyl (C=O) groups excluding carboxylic acids is 1. The van der Waals surface area contributed by atoms with Crippen LogP contribution in [-0.4, -0.2) is 49.4 Å². The van der Waals surface area contributed by atoms with Gasteiger partial charge >= 0.3 is 6.18 Å². The van der Waals surface area contributed by atoms with Crippen molar-refractivity contribution >= 4 is 15.7 Å². The smallest absolute Gasteiger partial charge is 0.368 e. The molecule has 1 amide bonds. The number of benzene rings is 3. The third-order valence-electron chi connectivity index (χ3n) is 6.92. The second kappa shape index (κ2) is 13.1.